The van der Waals surface area contributed by atoms with E-state index in [1.165, 1.54) is 49.0 Å². The number of hydrogen-bond donors (Lipinski definition) is 1. The van der Waals surface area contributed by atoms with Gasteiger partial charge in [-0.15, -0.1) is 0 Å². The second-order valence-electron chi connectivity index (χ2n) is 14.3. The lowest BCUT2D eigenvalue weighted by molar-refractivity contribution is -0.149. The summed E-state index contributed by atoms with van der Waals surface area (Å²) in [6.45, 7) is 2.47. The number of hydrogen-bond acceptors (Lipinski definition) is 6. The minimum Gasteiger partial charge on any atom is -0.497 e. The van der Waals surface area contributed by atoms with Gasteiger partial charge < -0.3 is 19.6 Å². The average Bonchev–Trinajstić information content (AvgIpc) is 3.65. The zero-order chi connectivity index (χ0) is 35.0. The molecule has 2 amide bonds. The van der Waals surface area contributed by atoms with Crippen molar-refractivity contribution in [2.75, 3.05) is 20.2 Å². The van der Waals surface area contributed by atoms with Crippen molar-refractivity contribution in [3.05, 3.63) is 83.7 Å². The first-order chi connectivity index (χ1) is 24.3. The maximum Gasteiger partial charge on any atom is 0.323 e. The second-order valence-corrected chi connectivity index (χ2v) is 14.3. The van der Waals surface area contributed by atoms with Gasteiger partial charge in [-0.05, 0) is 91.5 Å². The van der Waals surface area contributed by atoms with Crippen molar-refractivity contribution in [2.45, 2.75) is 90.1 Å². The number of likely N-dealkylation sites (tertiary alicyclic amines) is 1. The Morgan fingerprint density at radius 3 is 2.20 bits per heavy atom. The first-order valence-electron chi connectivity index (χ1n) is 18.3. The number of carbonyl (C=O) groups is 3. The van der Waals surface area contributed by atoms with Gasteiger partial charge in [-0.3, -0.25) is 14.4 Å². The Hall–Kier alpha value is -4.53. The van der Waals surface area contributed by atoms with E-state index in [-0.39, 0.29) is 24.8 Å². The Morgan fingerprint density at radius 2 is 1.58 bits per heavy atom. The van der Waals surface area contributed by atoms with Crippen LogP contribution in [0.4, 0.5) is 0 Å². The van der Waals surface area contributed by atoms with Gasteiger partial charge in [0, 0.05) is 36.6 Å². The van der Waals surface area contributed by atoms with Crippen LogP contribution in [0.25, 0.3) is 17.0 Å². The predicted molar refractivity (Wildman–Crippen MR) is 193 cm³/mol. The highest BCUT2D eigenvalue weighted by molar-refractivity contribution is 5.90. The van der Waals surface area contributed by atoms with Gasteiger partial charge in [0.05, 0.1) is 13.5 Å². The normalized spacial score (nSPS) is 22.1. The third kappa shape index (κ3) is 8.60. The van der Waals surface area contributed by atoms with E-state index in [9.17, 15) is 19.5 Å². The number of amides is 2. The average molecular weight is 679 g/mol. The summed E-state index contributed by atoms with van der Waals surface area (Å²) in [6, 6.07) is 14.2. The van der Waals surface area contributed by atoms with E-state index in [1.807, 2.05) is 48.8 Å². The van der Waals surface area contributed by atoms with Gasteiger partial charge >= 0.3 is 5.97 Å². The van der Waals surface area contributed by atoms with Crippen LogP contribution in [0.15, 0.2) is 67.0 Å². The quantitative estimate of drug-likeness (QED) is 0.216. The topological polar surface area (TPSA) is 113 Å². The van der Waals surface area contributed by atoms with Gasteiger partial charge in [-0.2, -0.15) is 0 Å². The minimum atomic E-state index is -1.10. The highest BCUT2D eigenvalue weighted by Gasteiger charge is 2.37. The van der Waals surface area contributed by atoms with Crippen LogP contribution < -0.4 is 4.74 Å². The van der Waals surface area contributed by atoms with Crippen LogP contribution in [0.3, 0.4) is 0 Å². The summed E-state index contributed by atoms with van der Waals surface area (Å²) >= 11 is 0. The number of carbonyl (C=O) groups excluding carboxylic acids is 2. The molecule has 3 aliphatic rings. The molecule has 0 radical (unpaired) electrons. The summed E-state index contributed by atoms with van der Waals surface area (Å²) in [5.41, 5.74) is 4.90. The fraction of sp³-hybridized carbons (Fsp3) is 0.488. The van der Waals surface area contributed by atoms with Gasteiger partial charge in [-0.25, -0.2) is 9.97 Å². The third-order valence-corrected chi connectivity index (χ3v) is 11.2. The molecule has 6 rings (SSSR count). The molecular formula is C41H50N4O5. The van der Waals surface area contributed by atoms with Crippen LogP contribution in [0.1, 0.15) is 87.8 Å². The van der Waals surface area contributed by atoms with Crippen LogP contribution in [0, 0.1) is 17.8 Å². The molecule has 1 aromatic heterocycles. The zero-order valence-corrected chi connectivity index (χ0v) is 29.4. The molecular weight excluding hydrogens is 628 g/mol. The Labute approximate surface area is 295 Å². The smallest absolute Gasteiger partial charge is 0.323 e. The molecule has 1 unspecified atom stereocenters. The minimum absolute atomic E-state index is 0.122. The van der Waals surface area contributed by atoms with E-state index >= 15 is 0 Å². The fourth-order valence-corrected chi connectivity index (χ4v) is 8.16. The molecule has 0 bridgehead atoms. The van der Waals surface area contributed by atoms with Crippen molar-refractivity contribution >= 4 is 23.4 Å². The predicted octanol–water partition coefficient (Wildman–Crippen LogP) is 7.20. The summed E-state index contributed by atoms with van der Waals surface area (Å²) in [6.07, 6.45) is 18.0. The number of methoxy groups -OCH3 is 1. The summed E-state index contributed by atoms with van der Waals surface area (Å²) in [5.74, 6) is 2.36. The number of benzene rings is 2. The number of allylic oxidation sites excluding steroid dienone is 2. The van der Waals surface area contributed by atoms with Crippen molar-refractivity contribution in [1.29, 1.82) is 0 Å². The summed E-state index contributed by atoms with van der Waals surface area (Å²) < 4.78 is 5.20. The first-order valence-corrected chi connectivity index (χ1v) is 18.3. The van der Waals surface area contributed by atoms with Crippen molar-refractivity contribution in [3.63, 3.8) is 0 Å². The molecule has 3 aromatic rings. The molecule has 2 atom stereocenters. The third-order valence-electron chi connectivity index (χ3n) is 11.2. The van der Waals surface area contributed by atoms with Crippen molar-refractivity contribution in [1.82, 2.24) is 19.8 Å². The highest BCUT2D eigenvalue weighted by Crippen LogP contribution is 2.41. The molecule has 2 heterocycles. The van der Waals surface area contributed by atoms with Crippen LogP contribution >= 0.6 is 0 Å². The first kappa shape index (κ1) is 35.3. The molecule has 0 spiro atoms. The van der Waals surface area contributed by atoms with E-state index in [2.05, 4.69) is 23.0 Å². The number of rotatable bonds is 12. The Bertz CT molecular complexity index is 1650. The monoisotopic (exact) mass is 678 g/mol. The number of carboxylic acid groups (broad SMARTS) is 1. The van der Waals surface area contributed by atoms with E-state index in [1.54, 1.807) is 24.1 Å². The van der Waals surface area contributed by atoms with Crippen LogP contribution in [-0.4, -0.2) is 68.9 Å². The van der Waals surface area contributed by atoms with Crippen molar-refractivity contribution in [3.8, 4) is 17.1 Å². The Morgan fingerprint density at radius 1 is 0.880 bits per heavy atom. The molecule has 264 valence electrons. The maximum atomic E-state index is 13.7. The van der Waals surface area contributed by atoms with Crippen LogP contribution in [0.2, 0.25) is 0 Å². The van der Waals surface area contributed by atoms with E-state index < -0.39 is 18.6 Å². The lowest BCUT2D eigenvalue weighted by atomic mass is 9.71. The number of aliphatic carboxylic acids is 1. The van der Waals surface area contributed by atoms with Gasteiger partial charge in [0.1, 0.15) is 18.3 Å². The molecule has 2 aliphatic carbocycles. The van der Waals surface area contributed by atoms with Gasteiger partial charge in [0.2, 0.25) is 11.8 Å². The molecule has 50 heavy (non-hydrogen) atoms. The zero-order valence-electron chi connectivity index (χ0n) is 29.4. The van der Waals surface area contributed by atoms with Gasteiger partial charge in [0.25, 0.3) is 0 Å². The highest BCUT2D eigenvalue weighted by atomic mass is 16.5. The number of carboxylic acids is 1. The molecule has 1 N–H and O–H groups in total. The van der Waals surface area contributed by atoms with E-state index in [0.717, 1.165) is 52.8 Å². The fourth-order valence-electron chi connectivity index (χ4n) is 8.16. The van der Waals surface area contributed by atoms with Gasteiger partial charge in [0.15, 0.2) is 5.82 Å². The molecule has 2 aromatic carbocycles. The molecule has 9 heteroatoms. The van der Waals surface area contributed by atoms with Crippen molar-refractivity contribution in [2.24, 2.45) is 17.8 Å². The van der Waals surface area contributed by atoms with Gasteiger partial charge in [-0.1, -0.05) is 68.7 Å². The largest absolute Gasteiger partial charge is 0.497 e. The summed E-state index contributed by atoms with van der Waals surface area (Å²) in [7, 11) is 1.59. The molecule has 9 nitrogen and oxygen atoms in total. The van der Waals surface area contributed by atoms with Crippen molar-refractivity contribution < 1.29 is 24.2 Å². The number of ether oxygens (including phenoxy) is 1. The summed E-state index contributed by atoms with van der Waals surface area (Å²) in [4.78, 5) is 51.1. The summed E-state index contributed by atoms with van der Waals surface area (Å²) in [5, 5.41) is 9.66. The lowest BCUT2D eigenvalue weighted by Crippen LogP contribution is -2.49. The van der Waals surface area contributed by atoms with Crippen LogP contribution in [-0.2, 0) is 27.3 Å². The number of aromatic nitrogens is 2. The standard InChI is InChI=1S/C41H50N4O5/c1-3-28-6-12-31(13-7-28)32-16-18-33(19-17-32)35-24-42-40(43-25-35)34-14-8-30(9-15-34)26-44(27-39(47)48)41(49)37-5-4-22-45(37)38(46)23-29-10-20-36(50-2)21-11-29/h8-11,14-15,18,20-21,24-25,28,31-32,37H,3-7,12-13,16-17,19,22-23,26-27H2,1-2H3,(H,47,48)/t28?,31?,32?,37-/m0/s1. The lowest BCUT2D eigenvalue weighted by Gasteiger charge is -2.35. The molecule has 2 fully saturated rings. The maximum absolute atomic E-state index is 13.7. The van der Waals surface area contributed by atoms with E-state index in [4.69, 9.17) is 4.74 Å². The van der Waals surface area contributed by atoms with Crippen LogP contribution in [0.5, 0.6) is 5.75 Å². The SMILES string of the molecule is CCC1CCC(C2CC=C(c3cnc(-c4ccc(CN(CC(=O)O)C(=O)[C@@H]5CCCN5C(=O)Cc5ccc(OC)cc5)cc4)nc3)CC2)CC1. The molecule has 1 aliphatic heterocycles. The van der Waals surface area contributed by atoms with E-state index in [0.29, 0.717) is 31.0 Å². The Balaban J connectivity index is 1.06. The Kier molecular flexibility index (Phi) is 11.6. The molecule has 1 saturated heterocycles. The molecule has 1 saturated carbocycles. The second kappa shape index (κ2) is 16.5. The number of nitrogens with zero attached hydrogens (tertiary/aromatic N) is 4.